The van der Waals surface area contributed by atoms with Gasteiger partial charge in [-0.2, -0.15) is 0 Å². The molecule has 0 bridgehead atoms. The Labute approximate surface area is 113 Å². The first-order chi connectivity index (χ1) is 4.00. The van der Waals surface area contributed by atoms with E-state index in [1.807, 2.05) is 0 Å². The van der Waals surface area contributed by atoms with Gasteiger partial charge >= 0.3 is 41.7 Å². The van der Waals surface area contributed by atoms with E-state index in [9.17, 15) is 0 Å². The van der Waals surface area contributed by atoms with Gasteiger partial charge in [-0.25, -0.2) is 0 Å². The molecule has 0 N–H and O–H groups in total. The minimum atomic E-state index is -5.17. The van der Waals surface area contributed by atoms with Crippen LogP contribution in [0.5, 0.6) is 0 Å². The second-order valence-corrected chi connectivity index (χ2v) is 2.45. The summed E-state index contributed by atoms with van der Waals surface area (Å²) in [6.07, 6.45) is 0. The van der Waals surface area contributed by atoms with Crippen molar-refractivity contribution in [2.24, 2.45) is 0 Å². The zero-order valence-electron chi connectivity index (χ0n) is 4.96. The van der Waals surface area contributed by atoms with E-state index in [0.29, 0.717) is 0 Å². The third-order valence-corrected chi connectivity index (χ3v) is 0. The van der Waals surface area contributed by atoms with Gasteiger partial charge in [0.05, 0.1) is 0 Å². The minimum Gasteiger partial charge on any atom is -0.759 e. The molecule has 0 aromatic heterocycles. The molecule has 12 heteroatoms. The first-order valence-electron chi connectivity index (χ1n) is 1.33. The van der Waals surface area contributed by atoms with Crippen LogP contribution < -0.4 is 0 Å². The molecule has 0 atom stereocenters. The maximum absolute atomic E-state index is 8.52. The van der Waals surface area contributed by atoms with Crippen molar-refractivity contribution in [3.05, 3.63) is 0 Å². The molecule has 0 heterocycles. The molecule has 0 fully saturated rings. The molecule has 12 heavy (non-hydrogen) atoms. The minimum absolute atomic E-state index is 0. The molecule has 0 aromatic carbocycles. The van der Waals surface area contributed by atoms with Crippen molar-refractivity contribution < 1.29 is 93.9 Å². The van der Waals surface area contributed by atoms with E-state index in [0.717, 1.165) is 0 Å². The summed E-state index contributed by atoms with van der Waals surface area (Å²) in [5, 5.41) is 0. The van der Waals surface area contributed by atoms with Gasteiger partial charge in [0.25, 0.3) is 0 Å². The van der Waals surface area contributed by atoms with Crippen molar-refractivity contribution in [2.75, 3.05) is 0 Å². The summed E-state index contributed by atoms with van der Waals surface area (Å²) in [5.74, 6) is 0. The van der Waals surface area contributed by atoms with Crippen molar-refractivity contribution in [3.63, 3.8) is 0 Å². The van der Waals surface area contributed by atoms with Crippen LogP contribution in [0.4, 0.5) is 0 Å². The molecular formula is CeMnO8S2. The van der Waals surface area contributed by atoms with Crippen molar-refractivity contribution in [1.29, 1.82) is 0 Å². The summed E-state index contributed by atoms with van der Waals surface area (Å²) >= 11 is 0. The molecule has 0 aliphatic carbocycles. The third-order valence-electron chi connectivity index (χ3n) is 0. The number of rotatable bonds is 0. The van der Waals surface area contributed by atoms with Crippen LogP contribution >= 0.6 is 0 Å². The van der Waals surface area contributed by atoms with Gasteiger partial charge in [-0.15, -0.1) is 0 Å². The molecule has 0 saturated heterocycles. The quantitative estimate of drug-likeness (QED) is 0.247. The average molecular weight is 387 g/mol. The Balaban J connectivity index is -0.0000000457. The zero-order chi connectivity index (χ0) is 9.00. The van der Waals surface area contributed by atoms with Crippen LogP contribution in [0.15, 0.2) is 0 Å². The normalized spacial score (nSPS) is 9.67. The van der Waals surface area contributed by atoms with Gasteiger partial charge in [0.2, 0.25) is 0 Å². The molecule has 0 aliphatic rings. The molecule has 0 amide bonds. The topological polar surface area (TPSA) is 161 Å². The molecule has 1 radical (unpaired) electrons. The summed E-state index contributed by atoms with van der Waals surface area (Å²) in [6, 6.07) is 0. The summed E-state index contributed by atoms with van der Waals surface area (Å²) in [7, 11) is -10.3. The first kappa shape index (κ1) is 23.4. The van der Waals surface area contributed by atoms with E-state index >= 15 is 0 Å². The van der Waals surface area contributed by atoms with Crippen molar-refractivity contribution in [2.45, 2.75) is 0 Å². The Morgan fingerprint density at radius 1 is 0.667 bits per heavy atom. The monoisotopic (exact) mass is 387 g/mol. The van der Waals surface area contributed by atoms with Crippen LogP contribution in [0.3, 0.4) is 0 Å². The number of hydrogen-bond donors (Lipinski definition) is 0. The Kier molecular flexibility index (Phi) is 18.0. The second-order valence-electron chi connectivity index (χ2n) is 0.816. The molecule has 71 valence electrons. The van der Waals surface area contributed by atoms with Crippen molar-refractivity contribution in [3.8, 4) is 0 Å². The van der Waals surface area contributed by atoms with Crippen LogP contribution in [-0.4, -0.2) is 35.0 Å². The van der Waals surface area contributed by atoms with Gasteiger partial charge in [-0.1, -0.05) is 0 Å². The third kappa shape index (κ3) is 492. The van der Waals surface area contributed by atoms with E-state index in [2.05, 4.69) is 0 Å². The van der Waals surface area contributed by atoms with Crippen LogP contribution in [0, 0.1) is 41.7 Å². The van der Waals surface area contributed by atoms with Crippen LogP contribution in [0.2, 0.25) is 0 Å². The van der Waals surface area contributed by atoms with Crippen LogP contribution in [0.25, 0.3) is 0 Å². The Morgan fingerprint density at radius 2 is 0.667 bits per heavy atom. The molecule has 0 unspecified atom stereocenters. The smallest absolute Gasteiger partial charge is 0.759 e. The Bertz CT molecular complexity index is 213. The van der Waals surface area contributed by atoms with Gasteiger partial charge < -0.3 is 18.2 Å². The van der Waals surface area contributed by atoms with E-state index in [-0.39, 0.29) is 58.8 Å². The maximum Gasteiger partial charge on any atom is 4.00 e. The summed E-state index contributed by atoms with van der Waals surface area (Å²) in [4.78, 5) is 0. The maximum atomic E-state index is 8.52. The molecular weight excluding hydrogens is 387 g/mol. The van der Waals surface area contributed by atoms with E-state index in [4.69, 9.17) is 35.0 Å². The largest absolute Gasteiger partial charge is 4.00 e. The predicted octanol–water partition coefficient (Wildman–Crippen LogP) is -2.68. The fourth-order valence-electron chi connectivity index (χ4n) is 0. The van der Waals surface area contributed by atoms with Gasteiger partial charge in [0, 0.05) is 37.9 Å². The van der Waals surface area contributed by atoms with E-state index < -0.39 is 20.8 Å². The predicted molar refractivity (Wildman–Crippen MR) is 20.9 cm³/mol. The molecule has 0 rings (SSSR count). The van der Waals surface area contributed by atoms with E-state index in [1.165, 1.54) is 0 Å². The van der Waals surface area contributed by atoms with Gasteiger partial charge in [-0.3, -0.25) is 16.8 Å². The van der Waals surface area contributed by atoms with Gasteiger partial charge in [0.1, 0.15) is 0 Å². The Hall–Kier alpha value is 1.64. The van der Waals surface area contributed by atoms with Gasteiger partial charge in [0.15, 0.2) is 0 Å². The standard InChI is InChI=1S/Ce.Mn.2H2O4S/c;;2*1-5(2,3)4/h;;2*(H2,1,2,3,4)/q+4;;;/p-4. The number of hydrogen-bond acceptors (Lipinski definition) is 8. The van der Waals surface area contributed by atoms with Crippen molar-refractivity contribution >= 4 is 20.8 Å². The molecule has 8 nitrogen and oxygen atoms in total. The van der Waals surface area contributed by atoms with E-state index in [1.54, 1.807) is 0 Å². The summed E-state index contributed by atoms with van der Waals surface area (Å²) in [6.45, 7) is 0. The summed E-state index contributed by atoms with van der Waals surface area (Å²) in [5.41, 5.74) is 0. The molecule has 0 aliphatic heterocycles. The first-order valence-corrected chi connectivity index (χ1v) is 4.00. The fourth-order valence-corrected chi connectivity index (χ4v) is 0. The average Bonchev–Trinajstić information content (AvgIpc) is 1.12. The molecule has 0 saturated carbocycles. The second kappa shape index (κ2) is 9.20. The van der Waals surface area contributed by atoms with Gasteiger partial charge in [-0.05, 0) is 0 Å². The molecule has 0 aromatic rings. The van der Waals surface area contributed by atoms with Crippen LogP contribution in [-0.2, 0) is 37.9 Å². The zero-order valence-corrected chi connectivity index (χ0v) is 10.9. The Morgan fingerprint density at radius 3 is 0.667 bits per heavy atom. The summed E-state index contributed by atoms with van der Waals surface area (Å²) < 4.78 is 68.2. The SMILES string of the molecule is O=S(=O)([O-])[O-].O=S(=O)([O-])[O-].[Ce+4].[Mn]. The fraction of sp³-hybridized carbons (Fsp3) is 0. The van der Waals surface area contributed by atoms with Crippen LogP contribution in [0.1, 0.15) is 0 Å². The van der Waals surface area contributed by atoms with Crippen molar-refractivity contribution in [1.82, 2.24) is 0 Å². The molecule has 0 spiro atoms.